The number of rotatable bonds is 7. The molecule has 0 radical (unpaired) electrons. The lowest BCUT2D eigenvalue weighted by molar-refractivity contribution is -0.153. The minimum absolute atomic E-state index is 0.0867. The van der Waals surface area contributed by atoms with Crippen LogP contribution in [0.4, 0.5) is 4.79 Å². The van der Waals surface area contributed by atoms with E-state index in [4.69, 9.17) is 10.2 Å². The number of sulfonamides is 1. The van der Waals surface area contributed by atoms with Gasteiger partial charge in [0.2, 0.25) is 10.0 Å². The molecule has 2 amide bonds. The molecular formula is C10H19N3O5S. The highest BCUT2D eigenvalue weighted by atomic mass is 32.2. The maximum absolute atomic E-state index is 11.4. The zero-order valence-corrected chi connectivity index (χ0v) is 11.3. The first kappa shape index (κ1) is 15.7. The Morgan fingerprint density at radius 2 is 1.89 bits per heavy atom. The van der Waals surface area contributed by atoms with Gasteiger partial charge in [-0.15, -0.1) is 0 Å². The molecule has 0 bridgehead atoms. The Kier molecular flexibility index (Phi) is 5.12. The summed E-state index contributed by atoms with van der Waals surface area (Å²) in [6.07, 6.45) is 2.20. The van der Waals surface area contributed by atoms with Gasteiger partial charge in [-0.3, -0.25) is 4.79 Å². The summed E-state index contributed by atoms with van der Waals surface area (Å²) in [7, 11) is -3.51. The van der Waals surface area contributed by atoms with Crippen molar-refractivity contribution in [1.29, 1.82) is 0 Å². The molecule has 0 aromatic carbocycles. The van der Waals surface area contributed by atoms with Gasteiger partial charge in [-0.25, -0.2) is 18.4 Å². The van der Waals surface area contributed by atoms with E-state index in [9.17, 15) is 18.0 Å². The van der Waals surface area contributed by atoms with Crippen LogP contribution >= 0.6 is 0 Å². The van der Waals surface area contributed by atoms with Crippen LogP contribution in [0.15, 0.2) is 0 Å². The molecule has 1 saturated carbocycles. The minimum atomic E-state index is -3.51. The zero-order chi connectivity index (χ0) is 14.5. The van der Waals surface area contributed by atoms with Crippen molar-refractivity contribution in [2.75, 3.05) is 18.8 Å². The van der Waals surface area contributed by atoms with Gasteiger partial charge in [0.25, 0.3) is 0 Å². The second kappa shape index (κ2) is 6.20. The van der Waals surface area contributed by atoms with Crippen LogP contribution < -0.4 is 15.8 Å². The van der Waals surface area contributed by atoms with Crippen molar-refractivity contribution in [2.24, 2.45) is 10.6 Å². The average molecular weight is 293 g/mol. The van der Waals surface area contributed by atoms with Crippen molar-refractivity contribution in [2.45, 2.75) is 25.7 Å². The molecule has 1 fully saturated rings. The molecule has 1 aliphatic rings. The summed E-state index contributed by atoms with van der Waals surface area (Å²) in [4.78, 5) is 22.4. The number of hydrogen-bond acceptors (Lipinski definition) is 4. The second-order valence-electron chi connectivity index (χ2n) is 4.77. The molecule has 0 aliphatic heterocycles. The van der Waals surface area contributed by atoms with Gasteiger partial charge in [0.1, 0.15) is 0 Å². The molecule has 0 unspecified atom stereocenters. The molecule has 1 aliphatic carbocycles. The molecule has 0 heterocycles. The quantitative estimate of drug-likeness (QED) is 0.456. The van der Waals surface area contributed by atoms with E-state index in [1.54, 1.807) is 0 Å². The fourth-order valence-corrected chi connectivity index (χ4v) is 2.40. The molecule has 0 aromatic rings. The summed E-state index contributed by atoms with van der Waals surface area (Å²) in [5.41, 5.74) is -0.835. The summed E-state index contributed by atoms with van der Waals surface area (Å²) in [6, 6.07) is -0.498. The third-order valence-corrected chi connectivity index (χ3v) is 4.10. The largest absolute Gasteiger partial charge is 0.481 e. The molecule has 0 spiro atoms. The van der Waals surface area contributed by atoms with Crippen LogP contribution in [0.1, 0.15) is 25.7 Å². The van der Waals surface area contributed by atoms with Crippen LogP contribution in [0.5, 0.6) is 0 Å². The third kappa shape index (κ3) is 5.03. The number of nitrogens with two attached hydrogens (primary N) is 1. The van der Waals surface area contributed by atoms with Gasteiger partial charge in [-0.1, -0.05) is 6.42 Å². The SMILES string of the molecule is NS(=O)(=O)CCCNC(=O)NCC1(C(=O)O)CCC1. The summed E-state index contributed by atoms with van der Waals surface area (Å²) >= 11 is 0. The number of urea groups is 1. The highest BCUT2D eigenvalue weighted by molar-refractivity contribution is 7.89. The molecule has 9 heteroatoms. The van der Waals surface area contributed by atoms with Crippen LogP contribution in [0, 0.1) is 5.41 Å². The minimum Gasteiger partial charge on any atom is -0.481 e. The van der Waals surface area contributed by atoms with E-state index in [0.29, 0.717) is 12.8 Å². The number of aliphatic carboxylic acids is 1. The van der Waals surface area contributed by atoms with Crippen molar-refractivity contribution in [3.05, 3.63) is 0 Å². The molecule has 0 atom stereocenters. The average Bonchev–Trinajstić information content (AvgIpc) is 2.21. The summed E-state index contributed by atoms with van der Waals surface area (Å²) in [5.74, 6) is -1.10. The van der Waals surface area contributed by atoms with E-state index in [1.165, 1.54) is 0 Å². The van der Waals surface area contributed by atoms with E-state index >= 15 is 0 Å². The van der Waals surface area contributed by atoms with E-state index in [0.717, 1.165) is 6.42 Å². The maximum Gasteiger partial charge on any atom is 0.314 e. The predicted molar refractivity (Wildman–Crippen MR) is 67.9 cm³/mol. The number of carboxylic acid groups (broad SMARTS) is 1. The number of carboxylic acids is 1. The van der Waals surface area contributed by atoms with Crippen molar-refractivity contribution in [3.8, 4) is 0 Å². The first-order chi connectivity index (χ1) is 8.75. The Morgan fingerprint density at radius 3 is 2.32 bits per heavy atom. The van der Waals surface area contributed by atoms with Gasteiger partial charge >= 0.3 is 12.0 Å². The van der Waals surface area contributed by atoms with E-state index in [-0.39, 0.29) is 25.3 Å². The van der Waals surface area contributed by atoms with Crippen LogP contribution in [0.3, 0.4) is 0 Å². The maximum atomic E-state index is 11.4. The van der Waals surface area contributed by atoms with Crippen LogP contribution in [-0.2, 0) is 14.8 Å². The van der Waals surface area contributed by atoms with Gasteiger partial charge in [-0.05, 0) is 19.3 Å². The standard InChI is InChI=1S/C10H19N3O5S/c11-19(17,18)6-2-5-12-9(16)13-7-10(8(14)15)3-1-4-10/h1-7H2,(H,14,15)(H2,11,17,18)(H2,12,13,16). The van der Waals surface area contributed by atoms with Crippen molar-refractivity contribution in [3.63, 3.8) is 0 Å². The summed E-state index contributed by atoms with van der Waals surface area (Å²) < 4.78 is 21.3. The Bertz CT molecular complexity index is 444. The van der Waals surface area contributed by atoms with Crippen molar-refractivity contribution < 1.29 is 23.1 Å². The van der Waals surface area contributed by atoms with Gasteiger partial charge < -0.3 is 15.7 Å². The number of carbonyl (C=O) groups excluding carboxylic acids is 1. The van der Waals surface area contributed by atoms with Crippen LogP contribution in [-0.4, -0.2) is 44.4 Å². The highest BCUT2D eigenvalue weighted by Crippen LogP contribution is 2.40. The molecule has 19 heavy (non-hydrogen) atoms. The molecule has 1 rings (SSSR count). The second-order valence-corrected chi connectivity index (χ2v) is 6.50. The fourth-order valence-electron chi connectivity index (χ4n) is 1.86. The molecular weight excluding hydrogens is 274 g/mol. The lowest BCUT2D eigenvalue weighted by atomic mass is 9.69. The number of carbonyl (C=O) groups is 2. The van der Waals surface area contributed by atoms with E-state index in [2.05, 4.69) is 10.6 Å². The first-order valence-corrected chi connectivity index (χ1v) is 7.72. The normalized spacial score (nSPS) is 17.3. The predicted octanol–water partition coefficient (Wildman–Crippen LogP) is -0.781. The Hall–Kier alpha value is -1.35. The van der Waals surface area contributed by atoms with Crippen molar-refractivity contribution in [1.82, 2.24) is 10.6 Å². The molecule has 0 saturated heterocycles. The molecule has 0 aromatic heterocycles. The Morgan fingerprint density at radius 1 is 1.26 bits per heavy atom. The van der Waals surface area contributed by atoms with Crippen molar-refractivity contribution >= 4 is 22.0 Å². The lowest BCUT2D eigenvalue weighted by Crippen LogP contribution is -2.49. The lowest BCUT2D eigenvalue weighted by Gasteiger charge is -2.37. The van der Waals surface area contributed by atoms with E-state index in [1.807, 2.05) is 0 Å². The summed E-state index contributed by atoms with van der Waals surface area (Å²) in [5, 5.41) is 18.8. The van der Waals surface area contributed by atoms with Crippen LogP contribution in [0.2, 0.25) is 0 Å². The third-order valence-electron chi connectivity index (χ3n) is 3.24. The number of hydrogen-bond donors (Lipinski definition) is 4. The molecule has 110 valence electrons. The zero-order valence-electron chi connectivity index (χ0n) is 10.5. The number of nitrogens with one attached hydrogen (secondary N) is 2. The molecule has 8 nitrogen and oxygen atoms in total. The Balaban J connectivity index is 2.20. The smallest absolute Gasteiger partial charge is 0.314 e. The van der Waals surface area contributed by atoms with Crippen LogP contribution in [0.25, 0.3) is 0 Å². The number of primary sulfonamides is 1. The summed E-state index contributed by atoms with van der Waals surface area (Å²) in [6.45, 7) is 0.256. The van der Waals surface area contributed by atoms with Gasteiger partial charge in [0, 0.05) is 13.1 Å². The Labute approximate surface area is 111 Å². The van der Waals surface area contributed by atoms with Gasteiger partial charge in [-0.2, -0.15) is 0 Å². The molecule has 5 N–H and O–H groups in total. The monoisotopic (exact) mass is 293 g/mol. The highest BCUT2D eigenvalue weighted by Gasteiger charge is 2.44. The first-order valence-electron chi connectivity index (χ1n) is 6.01. The van der Waals surface area contributed by atoms with Gasteiger partial charge in [0.15, 0.2) is 0 Å². The topological polar surface area (TPSA) is 139 Å². The van der Waals surface area contributed by atoms with E-state index < -0.39 is 27.4 Å². The number of amides is 2. The fraction of sp³-hybridized carbons (Fsp3) is 0.800. The van der Waals surface area contributed by atoms with Gasteiger partial charge in [0.05, 0.1) is 11.2 Å².